The Morgan fingerprint density at radius 1 is 1.15 bits per heavy atom. The van der Waals surface area contributed by atoms with E-state index in [9.17, 15) is 4.79 Å². The van der Waals surface area contributed by atoms with Crippen molar-refractivity contribution in [2.75, 3.05) is 0 Å². The Kier molecular flexibility index (Phi) is 3.16. The quantitative estimate of drug-likeness (QED) is 0.791. The number of nitrogens with zero attached hydrogens (tertiary/aromatic N) is 2. The highest BCUT2D eigenvalue weighted by atomic mass is 16.3. The van der Waals surface area contributed by atoms with Gasteiger partial charge in [0.05, 0.1) is 29.5 Å². The highest BCUT2D eigenvalue weighted by Gasteiger charge is 2.13. The molecule has 3 aromatic rings. The summed E-state index contributed by atoms with van der Waals surface area (Å²) in [4.78, 5) is 20.9. The molecule has 0 atom stereocenters. The lowest BCUT2D eigenvalue weighted by Crippen LogP contribution is -2.25. The Balaban J connectivity index is 1.85. The van der Waals surface area contributed by atoms with E-state index in [1.807, 2.05) is 24.3 Å². The molecule has 0 aliphatic carbocycles. The van der Waals surface area contributed by atoms with Crippen LogP contribution in [0.4, 0.5) is 0 Å². The minimum Gasteiger partial charge on any atom is -0.467 e. The van der Waals surface area contributed by atoms with Crippen LogP contribution in [0.15, 0.2) is 47.1 Å². The molecule has 0 spiro atoms. The van der Waals surface area contributed by atoms with Gasteiger partial charge in [-0.25, -0.2) is 9.97 Å². The molecule has 2 heterocycles. The zero-order valence-corrected chi connectivity index (χ0v) is 11.0. The van der Waals surface area contributed by atoms with Gasteiger partial charge in [0.1, 0.15) is 11.5 Å². The van der Waals surface area contributed by atoms with Crippen LogP contribution in [-0.4, -0.2) is 15.9 Å². The second-order valence-corrected chi connectivity index (χ2v) is 4.41. The number of aromatic nitrogens is 2. The van der Waals surface area contributed by atoms with Crippen molar-refractivity contribution in [2.24, 2.45) is 0 Å². The molecule has 5 heteroatoms. The maximum Gasteiger partial charge on any atom is 0.272 e. The number of fused-ring (bicyclic) bond motifs is 1. The fraction of sp³-hybridized carbons (Fsp3) is 0.133. The molecule has 1 aromatic carbocycles. The molecule has 1 N–H and O–H groups in total. The predicted octanol–water partition coefficient (Wildman–Crippen LogP) is 2.46. The molecule has 20 heavy (non-hydrogen) atoms. The molecule has 0 bridgehead atoms. The average Bonchev–Trinajstić information content (AvgIpc) is 2.97. The summed E-state index contributed by atoms with van der Waals surface area (Å²) in [6.07, 6.45) is 1.57. The Labute approximate surface area is 115 Å². The number of aryl methyl sites for hydroxylation is 1. The van der Waals surface area contributed by atoms with Gasteiger partial charge >= 0.3 is 0 Å². The minimum absolute atomic E-state index is 0.253. The SMILES string of the molecule is Cc1nc2ccccc2nc1C(=O)NCc1ccco1. The van der Waals surface area contributed by atoms with Gasteiger partial charge < -0.3 is 9.73 Å². The van der Waals surface area contributed by atoms with Gasteiger partial charge in [-0.15, -0.1) is 0 Å². The summed E-state index contributed by atoms with van der Waals surface area (Å²) in [5, 5.41) is 2.77. The largest absolute Gasteiger partial charge is 0.467 e. The smallest absolute Gasteiger partial charge is 0.272 e. The fourth-order valence-electron chi connectivity index (χ4n) is 1.97. The molecule has 5 nitrogen and oxygen atoms in total. The van der Waals surface area contributed by atoms with Crippen molar-refractivity contribution in [3.05, 3.63) is 59.8 Å². The highest BCUT2D eigenvalue weighted by Crippen LogP contribution is 2.12. The molecular weight excluding hydrogens is 254 g/mol. The number of carbonyl (C=O) groups excluding carboxylic acids is 1. The van der Waals surface area contributed by atoms with Gasteiger partial charge in [0.25, 0.3) is 5.91 Å². The van der Waals surface area contributed by atoms with Gasteiger partial charge in [-0.3, -0.25) is 4.79 Å². The third-order valence-corrected chi connectivity index (χ3v) is 2.96. The van der Waals surface area contributed by atoms with Gasteiger partial charge in [-0.05, 0) is 31.2 Å². The summed E-state index contributed by atoms with van der Waals surface area (Å²) >= 11 is 0. The van der Waals surface area contributed by atoms with Crippen molar-refractivity contribution >= 4 is 16.9 Å². The van der Waals surface area contributed by atoms with Crippen LogP contribution in [-0.2, 0) is 6.54 Å². The number of benzene rings is 1. The first-order valence-electron chi connectivity index (χ1n) is 6.28. The topological polar surface area (TPSA) is 68.0 Å². The predicted molar refractivity (Wildman–Crippen MR) is 74.2 cm³/mol. The monoisotopic (exact) mass is 267 g/mol. The first kappa shape index (κ1) is 12.3. The first-order valence-corrected chi connectivity index (χ1v) is 6.28. The number of para-hydroxylation sites is 2. The van der Waals surface area contributed by atoms with Crippen molar-refractivity contribution in [2.45, 2.75) is 13.5 Å². The van der Waals surface area contributed by atoms with E-state index in [2.05, 4.69) is 15.3 Å². The Hall–Kier alpha value is -2.69. The van der Waals surface area contributed by atoms with Crippen LogP contribution >= 0.6 is 0 Å². The maximum atomic E-state index is 12.1. The molecule has 0 saturated carbocycles. The van der Waals surface area contributed by atoms with Gasteiger partial charge in [0, 0.05) is 0 Å². The van der Waals surface area contributed by atoms with Crippen molar-refractivity contribution in [3.8, 4) is 0 Å². The van der Waals surface area contributed by atoms with E-state index in [0.29, 0.717) is 29.2 Å². The number of hydrogen-bond acceptors (Lipinski definition) is 4. The minimum atomic E-state index is -0.253. The van der Waals surface area contributed by atoms with Crippen LogP contribution in [0.5, 0.6) is 0 Å². The Bertz CT molecular complexity index is 751. The van der Waals surface area contributed by atoms with Gasteiger partial charge in [-0.1, -0.05) is 12.1 Å². The number of hydrogen-bond donors (Lipinski definition) is 1. The molecule has 100 valence electrons. The normalized spacial score (nSPS) is 10.7. The van der Waals surface area contributed by atoms with E-state index in [0.717, 1.165) is 5.52 Å². The summed E-state index contributed by atoms with van der Waals surface area (Å²) in [6.45, 7) is 2.11. The number of rotatable bonds is 3. The lowest BCUT2D eigenvalue weighted by Gasteiger charge is -2.06. The van der Waals surface area contributed by atoms with Gasteiger partial charge in [0.2, 0.25) is 0 Å². The fourth-order valence-corrected chi connectivity index (χ4v) is 1.97. The molecule has 2 aromatic heterocycles. The van der Waals surface area contributed by atoms with Crippen LogP contribution < -0.4 is 5.32 Å². The van der Waals surface area contributed by atoms with E-state index >= 15 is 0 Å². The van der Waals surface area contributed by atoms with Gasteiger partial charge in [-0.2, -0.15) is 0 Å². The van der Waals surface area contributed by atoms with Crippen molar-refractivity contribution < 1.29 is 9.21 Å². The van der Waals surface area contributed by atoms with Crippen LogP contribution in [0.25, 0.3) is 11.0 Å². The molecule has 0 unspecified atom stereocenters. The van der Waals surface area contributed by atoms with Crippen molar-refractivity contribution in [1.29, 1.82) is 0 Å². The maximum absolute atomic E-state index is 12.1. The van der Waals surface area contributed by atoms with Crippen LogP contribution in [0.2, 0.25) is 0 Å². The molecule has 0 saturated heterocycles. The molecule has 0 aliphatic rings. The molecule has 0 aliphatic heterocycles. The Morgan fingerprint density at radius 3 is 2.60 bits per heavy atom. The summed E-state index contributed by atoms with van der Waals surface area (Å²) in [6, 6.07) is 11.1. The lowest BCUT2D eigenvalue weighted by atomic mass is 10.2. The van der Waals surface area contributed by atoms with Crippen molar-refractivity contribution in [3.63, 3.8) is 0 Å². The summed E-state index contributed by atoms with van der Waals surface area (Å²) < 4.78 is 5.17. The standard InChI is InChI=1S/C15H13N3O2/c1-10-14(15(19)16-9-11-5-4-8-20-11)18-13-7-3-2-6-12(13)17-10/h2-8H,9H2,1H3,(H,16,19). The van der Waals surface area contributed by atoms with E-state index in [4.69, 9.17) is 4.42 Å². The van der Waals surface area contributed by atoms with Crippen LogP contribution in [0, 0.1) is 6.92 Å². The van der Waals surface area contributed by atoms with Crippen LogP contribution in [0.3, 0.4) is 0 Å². The van der Waals surface area contributed by atoms with Crippen molar-refractivity contribution in [1.82, 2.24) is 15.3 Å². The van der Waals surface area contributed by atoms with E-state index in [1.165, 1.54) is 0 Å². The second-order valence-electron chi connectivity index (χ2n) is 4.41. The van der Waals surface area contributed by atoms with E-state index < -0.39 is 0 Å². The molecule has 3 rings (SSSR count). The molecule has 1 amide bonds. The third-order valence-electron chi connectivity index (χ3n) is 2.96. The summed E-state index contributed by atoms with van der Waals surface area (Å²) in [5.41, 5.74) is 2.45. The first-order chi connectivity index (χ1) is 9.74. The number of carbonyl (C=O) groups is 1. The van der Waals surface area contributed by atoms with Crippen LogP contribution in [0.1, 0.15) is 21.9 Å². The van der Waals surface area contributed by atoms with E-state index in [-0.39, 0.29) is 5.91 Å². The molecule has 0 fully saturated rings. The zero-order chi connectivity index (χ0) is 13.9. The average molecular weight is 267 g/mol. The summed E-state index contributed by atoms with van der Waals surface area (Å²) in [7, 11) is 0. The molecule has 0 radical (unpaired) electrons. The lowest BCUT2D eigenvalue weighted by molar-refractivity contribution is 0.0942. The van der Waals surface area contributed by atoms with E-state index in [1.54, 1.807) is 25.3 Å². The summed E-state index contributed by atoms with van der Waals surface area (Å²) in [5.74, 6) is 0.446. The second kappa shape index (κ2) is 5.13. The Morgan fingerprint density at radius 2 is 1.90 bits per heavy atom. The highest BCUT2D eigenvalue weighted by molar-refractivity contribution is 5.95. The third kappa shape index (κ3) is 2.38. The number of amides is 1. The number of furan rings is 1. The van der Waals surface area contributed by atoms with Gasteiger partial charge in [0.15, 0.2) is 0 Å². The molecular formula is C15H13N3O2. The zero-order valence-electron chi connectivity index (χ0n) is 11.0. The number of nitrogens with one attached hydrogen (secondary N) is 1.